The van der Waals surface area contributed by atoms with Crippen LogP contribution in [-0.4, -0.2) is 45.8 Å². The lowest BCUT2D eigenvalue weighted by Gasteiger charge is -2.26. The Morgan fingerprint density at radius 3 is 2.47 bits per heavy atom. The average Bonchev–Trinajstić information content (AvgIpc) is 2.32. The van der Waals surface area contributed by atoms with E-state index < -0.39 is 0 Å². The molecular formula is C11H21NO3. The molecule has 0 aromatic rings. The molecular weight excluding hydrogens is 194 g/mol. The maximum absolute atomic E-state index is 5.46. The van der Waals surface area contributed by atoms with Gasteiger partial charge in [-0.05, 0) is 31.7 Å². The first-order valence-electron chi connectivity index (χ1n) is 5.93. The van der Waals surface area contributed by atoms with Crippen molar-refractivity contribution in [1.82, 2.24) is 5.32 Å². The van der Waals surface area contributed by atoms with Crippen molar-refractivity contribution < 1.29 is 14.2 Å². The Morgan fingerprint density at radius 1 is 0.933 bits per heavy atom. The summed E-state index contributed by atoms with van der Waals surface area (Å²) < 4.78 is 15.9. The summed E-state index contributed by atoms with van der Waals surface area (Å²) in [6.07, 6.45) is 3.75. The number of rotatable bonds is 4. The molecule has 0 bridgehead atoms. The van der Waals surface area contributed by atoms with E-state index in [1.54, 1.807) is 0 Å². The zero-order valence-electron chi connectivity index (χ0n) is 9.24. The van der Waals surface area contributed by atoms with Crippen molar-refractivity contribution in [1.29, 1.82) is 0 Å². The predicted octanol–water partition coefficient (Wildman–Crippen LogP) is 0.766. The van der Waals surface area contributed by atoms with Gasteiger partial charge < -0.3 is 19.5 Å². The zero-order chi connectivity index (χ0) is 10.3. The van der Waals surface area contributed by atoms with Crippen molar-refractivity contribution in [2.45, 2.75) is 25.4 Å². The second kappa shape index (κ2) is 6.43. The molecule has 2 fully saturated rings. The van der Waals surface area contributed by atoms with Gasteiger partial charge in [0.1, 0.15) is 6.79 Å². The highest BCUT2D eigenvalue weighted by molar-refractivity contribution is 4.69. The van der Waals surface area contributed by atoms with Crippen LogP contribution in [0, 0.1) is 5.92 Å². The number of hydrogen-bond acceptors (Lipinski definition) is 4. The highest BCUT2D eigenvalue weighted by atomic mass is 16.7. The van der Waals surface area contributed by atoms with Gasteiger partial charge in [-0.1, -0.05) is 0 Å². The Balaban J connectivity index is 1.53. The molecule has 2 aliphatic heterocycles. The molecule has 1 N–H and O–H groups in total. The van der Waals surface area contributed by atoms with Crippen LogP contribution in [0.2, 0.25) is 0 Å². The van der Waals surface area contributed by atoms with Crippen LogP contribution in [0.4, 0.5) is 0 Å². The molecule has 0 aromatic carbocycles. The molecule has 4 nitrogen and oxygen atoms in total. The van der Waals surface area contributed by atoms with Gasteiger partial charge in [0.05, 0.1) is 12.7 Å². The first kappa shape index (κ1) is 11.3. The quantitative estimate of drug-likeness (QED) is 0.752. The molecule has 0 aromatic heterocycles. The van der Waals surface area contributed by atoms with E-state index in [0.717, 1.165) is 45.2 Å². The largest absolute Gasteiger partial charge is 0.381 e. The topological polar surface area (TPSA) is 39.7 Å². The number of ether oxygens (including phenoxy) is 3. The Morgan fingerprint density at radius 2 is 1.73 bits per heavy atom. The van der Waals surface area contributed by atoms with Crippen molar-refractivity contribution in [2.75, 3.05) is 39.7 Å². The maximum atomic E-state index is 5.46. The third kappa shape index (κ3) is 4.07. The van der Waals surface area contributed by atoms with Gasteiger partial charge >= 0.3 is 0 Å². The van der Waals surface area contributed by atoms with E-state index in [2.05, 4.69) is 5.32 Å². The number of hydrogen-bond donors (Lipinski definition) is 1. The molecule has 1 atom stereocenters. The van der Waals surface area contributed by atoms with Gasteiger partial charge in [-0.15, -0.1) is 0 Å². The van der Waals surface area contributed by atoms with Crippen molar-refractivity contribution >= 4 is 0 Å². The molecule has 0 radical (unpaired) electrons. The van der Waals surface area contributed by atoms with Gasteiger partial charge in [0.15, 0.2) is 0 Å². The van der Waals surface area contributed by atoms with E-state index in [1.807, 2.05) is 0 Å². The summed E-state index contributed by atoms with van der Waals surface area (Å²) in [5.74, 6) is 0.790. The summed E-state index contributed by atoms with van der Waals surface area (Å²) in [7, 11) is 0. The SMILES string of the molecule is C1CC(CNCC2CCOCO2)CCO1. The first-order valence-corrected chi connectivity index (χ1v) is 5.93. The summed E-state index contributed by atoms with van der Waals surface area (Å²) >= 11 is 0. The van der Waals surface area contributed by atoms with E-state index in [1.165, 1.54) is 12.8 Å². The molecule has 15 heavy (non-hydrogen) atoms. The lowest BCUT2D eigenvalue weighted by atomic mass is 10.0. The van der Waals surface area contributed by atoms with E-state index in [9.17, 15) is 0 Å². The lowest BCUT2D eigenvalue weighted by Crippen LogP contribution is -2.37. The molecule has 0 aliphatic carbocycles. The third-order valence-electron chi connectivity index (χ3n) is 3.12. The molecule has 0 spiro atoms. The number of nitrogens with one attached hydrogen (secondary N) is 1. The molecule has 1 unspecified atom stereocenters. The molecule has 2 aliphatic rings. The highest BCUT2D eigenvalue weighted by Gasteiger charge is 2.16. The van der Waals surface area contributed by atoms with Gasteiger partial charge in [-0.2, -0.15) is 0 Å². The standard InChI is InChI=1S/C11H21NO3/c1-4-13-5-2-10(1)7-12-8-11-3-6-14-9-15-11/h10-12H,1-9H2. The summed E-state index contributed by atoms with van der Waals surface area (Å²) in [4.78, 5) is 0. The van der Waals surface area contributed by atoms with Gasteiger partial charge in [0.25, 0.3) is 0 Å². The van der Waals surface area contributed by atoms with Crippen molar-refractivity contribution in [3.05, 3.63) is 0 Å². The lowest BCUT2D eigenvalue weighted by molar-refractivity contribution is -0.137. The Hall–Kier alpha value is -0.160. The predicted molar refractivity (Wildman–Crippen MR) is 56.7 cm³/mol. The molecule has 0 amide bonds. The fourth-order valence-electron chi connectivity index (χ4n) is 2.06. The minimum absolute atomic E-state index is 0.346. The Labute approximate surface area is 91.3 Å². The van der Waals surface area contributed by atoms with Crippen LogP contribution in [0.5, 0.6) is 0 Å². The monoisotopic (exact) mass is 215 g/mol. The van der Waals surface area contributed by atoms with Crippen LogP contribution in [-0.2, 0) is 14.2 Å². The second-order valence-corrected chi connectivity index (χ2v) is 4.32. The minimum Gasteiger partial charge on any atom is -0.381 e. The van der Waals surface area contributed by atoms with Crippen LogP contribution in [0.25, 0.3) is 0 Å². The minimum atomic E-state index is 0.346. The molecule has 2 heterocycles. The van der Waals surface area contributed by atoms with E-state index >= 15 is 0 Å². The second-order valence-electron chi connectivity index (χ2n) is 4.32. The van der Waals surface area contributed by atoms with Gasteiger partial charge in [0.2, 0.25) is 0 Å². The van der Waals surface area contributed by atoms with Crippen LogP contribution < -0.4 is 5.32 Å². The van der Waals surface area contributed by atoms with Gasteiger partial charge in [0, 0.05) is 19.8 Å². The van der Waals surface area contributed by atoms with Crippen molar-refractivity contribution in [2.24, 2.45) is 5.92 Å². The summed E-state index contributed by atoms with van der Waals surface area (Å²) in [5.41, 5.74) is 0. The normalized spacial score (nSPS) is 29.2. The smallest absolute Gasteiger partial charge is 0.147 e. The van der Waals surface area contributed by atoms with Crippen LogP contribution >= 0.6 is 0 Å². The Kier molecular flexibility index (Phi) is 4.86. The van der Waals surface area contributed by atoms with Crippen LogP contribution in [0.3, 0.4) is 0 Å². The fraction of sp³-hybridized carbons (Fsp3) is 1.00. The molecule has 0 saturated carbocycles. The Bertz CT molecular complexity index is 147. The molecule has 88 valence electrons. The maximum Gasteiger partial charge on any atom is 0.147 e. The average molecular weight is 215 g/mol. The summed E-state index contributed by atoms with van der Waals surface area (Å²) in [6.45, 7) is 5.22. The first-order chi connectivity index (χ1) is 7.45. The fourth-order valence-corrected chi connectivity index (χ4v) is 2.06. The molecule has 2 saturated heterocycles. The van der Waals surface area contributed by atoms with Crippen molar-refractivity contribution in [3.63, 3.8) is 0 Å². The third-order valence-corrected chi connectivity index (χ3v) is 3.12. The zero-order valence-corrected chi connectivity index (χ0v) is 9.24. The van der Waals surface area contributed by atoms with E-state index in [4.69, 9.17) is 14.2 Å². The summed E-state index contributed by atoms with van der Waals surface area (Å²) in [5, 5.41) is 3.49. The molecule has 4 heteroatoms. The van der Waals surface area contributed by atoms with E-state index in [-0.39, 0.29) is 0 Å². The summed E-state index contributed by atoms with van der Waals surface area (Å²) in [6, 6.07) is 0. The molecule has 2 rings (SSSR count). The van der Waals surface area contributed by atoms with Crippen LogP contribution in [0.15, 0.2) is 0 Å². The van der Waals surface area contributed by atoms with E-state index in [0.29, 0.717) is 12.9 Å². The van der Waals surface area contributed by atoms with Crippen LogP contribution in [0.1, 0.15) is 19.3 Å². The van der Waals surface area contributed by atoms with Gasteiger partial charge in [-0.25, -0.2) is 0 Å². The highest BCUT2D eigenvalue weighted by Crippen LogP contribution is 2.13. The van der Waals surface area contributed by atoms with Crippen molar-refractivity contribution in [3.8, 4) is 0 Å². The van der Waals surface area contributed by atoms with Gasteiger partial charge in [-0.3, -0.25) is 0 Å².